The first-order valence-electron chi connectivity index (χ1n) is 30.3. The van der Waals surface area contributed by atoms with E-state index in [1.807, 2.05) is 12.2 Å². The van der Waals surface area contributed by atoms with E-state index in [4.69, 9.17) is 14.2 Å². The summed E-state index contributed by atoms with van der Waals surface area (Å²) in [5.41, 5.74) is 0. The molecule has 1 amide bonds. The lowest BCUT2D eigenvalue weighted by atomic mass is 9.99. The Hall–Kier alpha value is -3.94. The van der Waals surface area contributed by atoms with Crippen LogP contribution in [-0.2, 0) is 23.8 Å². The van der Waals surface area contributed by atoms with Gasteiger partial charge in [0.25, 0.3) is 0 Å². The van der Waals surface area contributed by atoms with Crippen LogP contribution in [0.5, 0.6) is 0 Å². The van der Waals surface area contributed by atoms with Gasteiger partial charge in [0.05, 0.1) is 25.4 Å². The summed E-state index contributed by atoms with van der Waals surface area (Å²) in [6, 6.07) is -1.05. The molecule has 1 saturated heterocycles. The zero-order chi connectivity index (χ0) is 56.1. The molecule has 0 aromatic rings. The van der Waals surface area contributed by atoms with Crippen LogP contribution in [0.15, 0.2) is 122 Å². The van der Waals surface area contributed by atoms with Gasteiger partial charge in [0.1, 0.15) is 24.4 Å². The molecule has 1 aliphatic rings. The van der Waals surface area contributed by atoms with E-state index in [-0.39, 0.29) is 19.4 Å². The highest BCUT2D eigenvalue weighted by Crippen LogP contribution is 2.26. The van der Waals surface area contributed by atoms with Crippen LogP contribution in [0.25, 0.3) is 0 Å². The van der Waals surface area contributed by atoms with Crippen LogP contribution in [0.1, 0.15) is 220 Å². The molecule has 11 nitrogen and oxygen atoms in total. The van der Waals surface area contributed by atoms with Gasteiger partial charge in [0.2, 0.25) is 5.91 Å². The quantitative estimate of drug-likeness (QED) is 0.0149. The van der Waals surface area contributed by atoms with Gasteiger partial charge < -0.3 is 45.1 Å². The molecular formula is C66H109NO10. The normalized spacial score (nSPS) is 19.9. The van der Waals surface area contributed by atoms with Gasteiger partial charge in [0.15, 0.2) is 12.4 Å². The first kappa shape index (κ1) is 71.1. The van der Waals surface area contributed by atoms with Gasteiger partial charge in [-0.15, -0.1) is 0 Å². The molecule has 8 unspecified atom stereocenters. The average molecular weight is 1080 g/mol. The topological polar surface area (TPSA) is 175 Å². The Morgan fingerprint density at radius 3 is 1.55 bits per heavy atom. The molecule has 0 saturated carbocycles. The SMILES string of the molecule is CC/C=C\C/C=C\C/C=C\C/C=C\C/C=C\C/C=C\CCCCCC(O)C(=O)NC(COC1OC(CO)C(O)C(O)C1OC(=O)CCCCCCCCC/C=C/C=C/C=C/CC)C(O)/C=C/CCCCCCCCCCC. The summed E-state index contributed by atoms with van der Waals surface area (Å²) in [7, 11) is 0. The van der Waals surface area contributed by atoms with Crippen molar-refractivity contribution in [1.29, 1.82) is 0 Å². The van der Waals surface area contributed by atoms with E-state index in [1.165, 1.54) is 38.5 Å². The smallest absolute Gasteiger partial charge is 0.306 e. The largest absolute Gasteiger partial charge is 0.454 e. The lowest BCUT2D eigenvalue weighted by molar-refractivity contribution is -0.305. The highest BCUT2D eigenvalue weighted by atomic mass is 16.7. The molecule has 1 heterocycles. The molecule has 438 valence electrons. The fourth-order valence-corrected chi connectivity index (χ4v) is 8.65. The highest BCUT2D eigenvalue weighted by Gasteiger charge is 2.47. The predicted octanol–water partition coefficient (Wildman–Crippen LogP) is 14.3. The zero-order valence-corrected chi connectivity index (χ0v) is 48.3. The monoisotopic (exact) mass is 1080 g/mol. The van der Waals surface area contributed by atoms with Crippen LogP contribution in [0, 0.1) is 0 Å². The van der Waals surface area contributed by atoms with Gasteiger partial charge in [-0.25, -0.2) is 0 Å². The Kier molecular flexibility index (Phi) is 48.7. The van der Waals surface area contributed by atoms with Crippen molar-refractivity contribution in [1.82, 2.24) is 5.32 Å². The van der Waals surface area contributed by atoms with Crippen molar-refractivity contribution in [3.8, 4) is 0 Å². The van der Waals surface area contributed by atoms with Crippen molar-refractivity contribution >= 4 is 11.9 Å². The van der Waals surface area contributed by atoms with E-state index < -0.39 is 67.4 Å². The van der Waals surface area contributed by atoms with E-state index in [0.29, 0.717) is 12.8 Å². The Labute approximate surface area is 468 Å². The van der Waals surface area contributed by atoms with Crippen molar-refractivity contribution < 1.29 is 49.3 Å². The van der Waals surface area contributed by atoms with Crippen molar-refractivity contribution in [3.05, 3.63) is 122 Å². The number of allylic oxidation sites excluding steroid dienone is 19. The fourth-order valence-electron chi connectivity index (χ4n) is 8.65. The van der Waals surface area contributed by atoms with Crippen LogP contribution >= 0.6 is 0 Å². The highest BCUT2D eigenvalue weighted by molar-refractivity contribution is 5.80. The Morgan fingerprint density at radius 2 is 1.00 bits per heavy atom. The predicted molar refractivity (Wildman–Crippen MR) is 319 cm³/mol. The minimum Gasteiger partial charge on any atom is -0.454 e. The second-order valence-electron chi connectivity index (χ2n) is 20.4. The molecule has 1 fully saturated rings. The van der Waals surface area contributed by atoms with E-state index >= 15 is 0 Å². The third-order valence-electron chi connectivity index (χ3n) is 13.4. The van der Waals surface area contributed by atoms with Crippen molar-refractivity contribution in [2.75, 3.05) is 13.2 Å². The number of unbranched alkanes of at least 4 members (excludes halogenated alkanes) is 19. The number of rotatable bonds is 49. The second-order valence-corrected chi connectivity index (χ2v) is 20.4. The lowest BCUT2D eigenvalue weighted by Crippen LogP contribution is -2.61. The Balaban J connectivity index is 2.71. The number of hydrogen-bond donors (Lipinski definition) is 6. The maximum atomic E-state index is 13.4. The third-order valence-corrected chi connectivity index (χ3v) is 13.4. The van der Waals surface area contributed by atoms with Crippen LogP contribution in [0.4, 0.5) is 0 Å². The molecule has 8 atom stereocenters. The average Bonchev–Trinajstić information content (AvgIpc) is 3.43. The summed E-state index contributed by atoms with van der Waals surface area (Å²) >= 11 is 0. The van der Waals surface area contributed by atoms with Gasteiger partial charge in [-0.1, -0.05) is 239 Å². The molecular weight excluding hydrogens is 967 g/mol. The summed E-state index contributed by atoms with van der Waals surface area (Å²) in [6.07, 6.45) is 62.3. The molecule has 1 rings (SSSR count). The number of ether oxygens (including phenoxy) is 3. The van der Waals surface area contributed by atoms with Crippen LogP contribution < -0.4 is 5.32 Å². The molecule has 0 aliphatic carbocycles. The number of esters is 1. The van der Waals surface area contributed by atoms with E-state index in [2.05, 4.69) is 129 Å². The number of aliphatic hydroxyl groups excluding tert-OH is 5. The third kappa shape index (κ3) is 40.8. The molecule has 77 heavy (non-hydrogen) atoms. The fraction of sp³-hybridized carbons (Fsp3) is 0.667. The molecule has 0 aromatic heterocycles. The summed E-state index contributed by atoms with van der Waals surface area (Å²) in [5.74, 6) is -1.24. The molecule has 0 radical (unpaired) electrons. The number of hydrogen-bond acceptors (Lipinski definition) is 10. The van der Waals surface area contributed by atoms with E-state index in [1.54, 1.807) is 6.08 Å². The van der Waals surface area contributed by atoms with Gasteiger partial charge in [-0.05, 0) is 96.3 Å². The van der Waals surface area contributed by atoms with Gasteiger partial charge in [0, 0.05) is 6.42 Å². The Morgan fingerprint density at radius 1 is 0.532 bits per heavy atom. The molecule has 11 heteroatoms. The first-order chi connectivity index (χ1) is 37.7. The number of aliphatic hydroxyl groups is 5. The summed E-state index contributed by atoms with van der Waals surface area (Å²) in [4.78, 5) is 26.5. The van der Waals surface area contributed by atoms with Gasteiger partial charge >= 0.3 is 5.97 Å². The van der Waals surface area contributed by atoms with Gasteiger partial charge in [-0.3, -0.25) is 9.59 Å². The Bertz CT molecular complexity index is 1710. The number of nitrogens with one attached hydrogen (secondary N) is 1. The lowest BCUT2D eigenvalue weighted by Gasteiger charge is -2.41. The molecule has 0 bridgehead atoms. The van der Waals surface area contributed by atoms with Crippen molar-refractivity contribution in [3.63, 3.8) is 0 Å². The first-order valence-corrected chi connectivity index (χ1v) is 30.3. The minimum absolute atomic E-state index is 0.1000. The minimum atomic E-state index is -1.63. The summed E-state index contributed by atoms with van der Waals surface area (Å²) < 4.78 is 17.6. The molecule has 0 spiro atoms. The molecule has 6 N–H and O–H groups in total. The number of carbonyl (C=O) groups excluding carboxylic acids is 2. The second kappa shape index (κ2) is 52.7. The van der Waals surface area contributed by atoms with Gasteiger partial charge in [-0.2, -0.15) is 0 Å². The molecule has 1 aliphatic heterocycles. The maximum absolute atomic E-state index is 13.4. The van der Waals surface area contributed by atoms with Crippen LogP contribution in [-0.4, -0.2) is 99.6 Å². The zero-order valence-electron chi connectivity index (χ0n) is 48.3. The molecule has 0 aromatic carbocycles. The number of carbonyl (C=O) groups is 2. The standard InChI is InChI=1S/C66H109NO10/c1-4-7-10-13-16-19-22-24-26-27-28-29-30-31-32-34-35-38-41-44-47-50-53-59(70)65(74)67-57(58(69)52-49-46-43-40-37-21-18-15-12-9-6-3)56-75-66-64(63(73)62(72)60(55-68)76-66)77-61(71)54-51-48-45-42-39-36-33-25-23-20-17-14-11-8-5-2/h7-8,10-11,14,16-17,19-20,23-24,26,28-29,31-32,35,38,49,52,57-60,62-64,66,68-70,72-73H,4-6,9,12-13,15,18,21-22,25,27,30,33-34,36-37,39-48,50-51,53-56H2,1-3H3,(H,67,74)/b10-7-,11-8+,17-14+,19-16-,23-20+,26-24-,29-28-,32-31-,38-35-,52-49+. The van der Waals surface area contributed by atoms with Crippen molar-refractivity contribution in [2.24, 2.45) is 0 Å². The maximum Gasteiger partial charge on any atom is 0.306 e. The number of amides is 1. The van der Waals surface area contributed by atoms with Crippen LogP contribution in [0.2, 0.25) is 0 Å². The summed E-state index contributed by atoms with van der Waals surface area (Å²) in [6.45, 7) is 5.49. The van der Waals surface area contributed by atoms with Crippen molar-refractivity contribution in [2.45, 2.75) is 269 Å². The summed E-state index contributed by atoms with van der Waals surface area (Å²) in [5, 5.41) is 56.9. The van der Waals surface area contributed by atoms with Crippen LogP contribution in [0.3, 0.4) is 0 Å². The van der Waals surface area contributed by atoms with E-state index in [0.717, 1.165) is 135 Å². The van der Waals surface area contributed by atoms with E-state index in [9.17, 15) is 35.1 Å².